The minimum Gasteiger partial charge on any atom is -0.481 e. The molecule has 154 valence electrons. The molecule has 4 N–H and O–H groups in total. The van der Waals surface area contributed by atoms with Crippen molar-refractivity contribution < 1.29 is 29.6 Å². The number of benzene rings is 1. The predicted octanol–water partition coefficient (Wildman–Crippen LogP) is 2.47. The summed E-state index contributed by atoms with van der Waals surface area (Å²) in [5.74, 6) is -1.35. The minimum atomic E-state index is -0.814. The molecule has 0 spiro atoms. The molecule has 2 rings (SSSR count). The topological polar surface area (TPSA) is 116 Å². The summed E-state index contributed by atoms with van der Waals surface area (Å²) in [5, 5.41) is 31.7. The number of aliphatic hydroxyl groups is 2. The highest BCUT2D eigenvalue weighted by Crippen LogP contribution is 2.35. The van der Waals surface area contributed by atoms with Crippen LogP contribution in [-0.2, 0) is 16.1 Å². The molecule has 28 heavy (non-hydrogen) atoms. The highest BCUT2D eigenvalue weighted by molar-refractivity contribution is 5.67. The van der Waals surface area contributed by atoms with E-state index in [4.69, 9.17) is 9.84 Å². The number of alkyl carbamates (subject to hydrolysis) is 1. The van der Waals surface area contributed by atoms with Crippen LogP contribution in [0.2, 0.25) is 0 Å². The molecule has 7 heteroatoms. The summed E-state index contributed by atoms with van der Waals surface area (Å²) in [6.07, 6.45) is 4.02. The van der Waals surface area contributed by atoms with Crippen molar-refractivity contribution in [3.63, 3.8) is 0 Å². The number of aliphatic hydroxyl groups excluding tert-OH is 2. The van der Waals surface area contributed by atoms with Crippen LogP contribution >= 0.6 is 0 Å². The molecule has 0 unspecified atom stereocenters. The van der Waals surface area contributed by atoms with Gasteiger partial charge >= 0.3 is 12.1 Å². The van der Waals surface area contributed by atoms with Gasteiger partial charge in [0.1, 0.15) is 0 Å². The number of allylic oxidation sites excluding steroid dienone is 2. The summed E-state index contributed by atoms with van der Waals surface area (Å²) >= 11 is 0. The lowest BCUT2D eigenvalue weighted by atomic mass is 9.91. The molecule has 0 aliphatic heterocycles. The van der Waals surface area contributed by atoms with Gasteiger partial charge in [-0.2, -0.15) is 0 Å². The van der Waals surface area contributed by atoms with Gasteiger partial charge in [0, 0.05) is 18.9 Å². The molecule has 7 nitrogen and oxygen atoms in total. The van der Waals surface area contributed by atoms with Gasteiger partial charge in [-0.25, -0.2) is 4.79 Å². The van der Waals surface area contributed by atoms with Crippen LogP contribution in [0.1, 0.15) is 37.7 Å². The molecular formula is C21H29NO6. The molecule has 1 amide bonds. The second-order valence-electron chi connectivity index (χ2n) is 7.13. The monoisotopic (exact) mass is 391 g/mol. The number of carboxylic acids is 1. The number of unbranched alkanes of at least 4 members (excludes halogenated alkanes) is 1. The van der Waals surface area contributed by atoms with Gasteiger partial charge in [-0.15, -0.1) is 0 Å². The first kappa shape index (κ1) is 21.9. The largest absolute Gasteiger partial charge is 0.481 e. The molecule has 0 radical (unpaired) electrons. The van der Waals surface area contributed by atoms with Crippen LogP contribution in [0.4, 0.5) is 4.79 Å². The Balaban J connectivity index is 1.75. The number of amides is 1. The van der Waals surface area contributed by atoms with E-state index in [1.165, 1.54) is 0 Å². The van der Waals surface area contributed by atoms with Gasteiger partial charge in [-0.1, -0.05) is 42.5 Å². The molecule has 1 aromatic carbocycles. The lowest BCUT2D eigenvalue weighted by molar-refractivity contribution is -0.137. The SMILES string of the molecule is O=C(O)CCC/C=C\C[C@@H]1[C@@H](COC(=O)NCc2ccccc2)[C@H](O)C[C@@H]1O. The van der Waals surface area contributed by atoms with E-state index >= 15 is 0 Å². The van der Waals surface area contributed by atoms with E-state index in [1.54, 1.807) is 0 Å². The van der Waals surface area contributed by atoms with Gasteiger partial charge in [-0.3, -0.25) is 4.79 Å². The van der Waals surface area contributed by atoms with Gasteiger partial charge < -0.3 is 25.4 Å². The molecule has 1 aromatic rings. The second kappa shape index (κ2) is 11.5. The summed E-state index contributed by atoms with van der Waals surface area (Å²) in [5.41, 5.74) is 0.960. The third-order valence-electron chi connectivity index (χ3n) is 5.04. The van der Waals surface area contributed by atoms with Crippen molar-refractivity contribution in [3.05, 3.63) is 48.0 Å². The summed E-state index contributed by atoms with van der Waals surface area (Å²) in [4.78, 5) is 22.4. The zero-order valence-corrected chi connectivity index (χ0v) is 15.9. The lowest BCUT2D eigenvalue weighted by Gasteiger charge is -2.22. The van der Waals surface area contributed by atoms with Crippen LogP contribution in [0, 0.1) is 11.8 Å². The van der Waals surface area contributed by atoms with Crippen molar-refractivity contribution in [2.75, 3.05) is 6.61 Å². The maximum absolute atomic E-state index is 11.9. The molecule has 1 aliphatic rings. The second-order valence-corrected chi connectivity index (χ2v) is 7.13. The normalized spacial score (nSPS) is 24.4. The number of hydrogen-bond acceptors (Lipinski definition) is 5. The van der Waals surface area contributed by atoms with E-state index < -0.39 is 24.3 Å². The number of carbonyl (C=O) groups is 2. The first-order valence-corrected chi connectivity index (χ1v) is 9.65. The number of nitrogens with one attached hydrogen (secondary N) is 1. The standard InChI is InChI=1S/C21H29NO6/c23-18-12-19(24)17(16(18)10-6-1-2-7-11-20(25)26)14-28-21(27)22-13-15-8-4-3-5-9-15/h1,3-6,8-9,16-19,23-24H,2,7,10-14H2,(H,22,27)(H,25,26)/b6-1-/t16-,17-,18+,19-/m1/s1. The van der Waals surface area contributed by atoms with Gasteiger partial charge in [0.05, 0.1) is 18.8 Å². The Kier molecular flexibility index (Phi) is 8.97. The van der Waals surface area contributed by atoms with E-state index in [2.05, 4.69) is 5.32 Å². The molecule has 0 heterocycles. The average Bonchev–Trinajstić information content (AvgIpc) is 2.94. The molecule has 0 saturated heterocycles. The third-order valence-corrected chi connectivity index (χ3v) is 5.04. The van der Waals surface area contributed by atoms with Crippen molar-refractivity contribution in [1.82, 2.24) is 5.32 Å². The Hall–Kier alpha value is -2.38. The van der Waals surface area contributed by atoms with Crippen molar-refractivity contribution in [1.29, 1.82) is 0 Å². The number of aliphatic carboxylic acids is 1. The van der Waals surface area contributed by atoms with Crippen molar-refractivity contribution in [2.24, 2.45) is 11.8 Å². The number of hydrogen-bond donors (Lipinski definition) is 4. The number of carboxylic acid groups (broad SMARTS) is 1. The Morgan fingerprint density at radius 2 is 1.82 bits per heavy atom. The fraction of sp³-hybridized carbons (Fsp3) is 0.524. The van der Waals surface area contributed by atoms with Gasteiger partial charge in [0.25, 0.3) is 0 Å². The summed E-state index contributed by atoms with van der Waals surface area (Å²) in [6.45, 7) is 0.397. The van der Waals surface area contributed by atoms with Crippen molar-refractivity contribution in [2.45, 2.75) is 50.9 Å². The molecule has 0 aromatic heterocycles. The average molecular weight is 391 g/mol. The molecule has 1 saturated carbocycles. The Labute approximate surface area is 165 Å². The van der Waals surface area contributed by atoms with E-state index in [9.17, 15) is 19.8 Å². The fourth-order valence-corrected chi connectivity index (χ4v) is 3.47. The van der Waals surface area contributed by atoms with E-state index in [0.29, 0.717) is 25.8 Å². The van der Waals surface area contributed by atoms with Gasteiger partial charge in [-0.05, 0) is 37.2 Å². The van der Waals surface area contributed by atoms with Gasteiger partial charge in [0.2, 0.25) is 0 Å². The number of ether oxygens (including phenoxy) is 1. The predicted molar refractivity (Wildman–Crippen MR) is 103 cm³/mol. The molecule has 4 atom stereocenters. The maximum atomic E-state index is 11.9. The number of rotatable bonds is 10. The summed E-state index contributed by atoms with van der Waals surface area (Å²) < 4.78 is 5.26. The summed E-state index contributed by atoms with van der Waals surface area (Å²) in [6, 6.07) is 9.47. The maximum Gasteiger partial charge on any atom is 0.407 e. The van der Waals surface area contributed by atoms with Crippen LogP contribution in [0.25, 0.3) is 0 Å². The Bertz CT molecular complexity index is 648. The highest BCUT2D eigenvalue weighted by atomic mass is 16.5. The van der Waals surface area contributed by atoms with E-state index in [0.717, 1.165) is 5.56 Å². The smallest absolute Gasteiger partial charge is 0.407 e. The van der Waals surface area contributed by atoms with Crippen LogP contribution < -0.4 is 5.32 Å². The third kappa shape index (κ3) is 7.32. The Morgan fingerprint density at radius 3 is 2.54 bits per heavy atom. The Morgan fingerprint density at radius 1 is 1.11 bits per heavy atom. The van der Waals surface area contributed by atoms with E-state index in [-0.39, 0.29) is 31.3 Å². The summed E-state index contributed by atoms with van der Waals surface area (Å²) in [7, 11) is 0. The molecule has 1 aliphatic carbocycles. The van der Waals surface area contributed by atoms with Crippen LogP contribution in [0.3, 0.4) is 0 Å². The molecular weight excluding hydrogens is 362 g/mol. The van der Waals surface area contributed by atoms with Crippen LogP contribution in [-0.4, -0.2) is 46.2 Å². The number of carbonyl (C=O) groups excluding carboxylic acids is 1. The first-order chi connectivity index (χ1) is 13.5. The van der Waals surface area contributed by atoms with Crippen molar-refractivity contribution >= 4 is 12.1 Å². The minimum absolute atomic E-state index is 0.0381. The lowest BCUT2D eigenvalue weighted by Crippen LogP contribution is -2.31. The quantitative estimate of drug-likeness (QED) is 0.360. The first-order valence-electron chi connectivity index (χ1n) is 9.65. The van der Waals surface area contributed by atoms with Crippen LogP contribution in [0.15, 0.2) is 42.5 Å². The van der Waals surface area contributed by atoms with Gasteiger partial charge in [0.15, 0.2) is 0 Å². The molecule has 0 bridgehead atoms. The van der Waals surface area contributed by atoms with Crippen molar-refractivity contribution in [3.8, 4) is 0 Å². The molecule has 1 fully saturated rings. The zero-order valence-electron chi connectivity index (χ0n) is 15.9. The fourth-order valence-electron chi connectivity index (χ4n) is 3.47. The zero-order chi connectivity index (χ0) is 20.4. The highest BCUT2D eigenvalue weighted by Gasteiger charge is 2.41. The van der Waals surface area contributed by atoms with E-state index in [1.807, 2.05) is 42.5 Å². The van der Waals surface area contributed by atoms with Crippen LogP contribution in [0.5, 0.6) is 0 Å².